The molecule has 1 aromatic carbocycles. The molecule has 9 heteroatoms. The van der Waals surface area contributed by atoms with Gasteiger partial charge < -0.3 is 19.9 Å². The van der Waals surface area contributed by atoms with E-state index in [0.717, 1.165) is 5.56 Å². The van der Waals surface area contributed by atoms with E-state index in [-0.39, 0.29) is 49.1 Å². The molecule has 0 radical (unpaired) electrons. The lowest BCUT2D eigenvalue weighted by Crippen LogP contribution is -2.44. The van der Waals surface area contributed by atoms with E-state index in [1.165, 1.54) is 24.1 Å². The van der Waals surface area contributed by atoms with Crippen LogP contribution in [-0.4, -0.2) is 48.5 Å². The van der Waals surface area contributed by atoms with E-state index in [1.54, 1.807) is 25.1 Å². The smallest absolute Gasteiger partial charge is 0.412 e. The van der Waals surface area contributed by atoms with Crippen LogP contribution in [0.4, 0.5) is 20.7 Å². The van der Waals surface area contributed by atoms with E-state index in [0.29, 0.717) is 17.7 Å². The van der Waals surface area contributed by atoms with Gasteiger partial charge in [-0.25, -0.2) is 9.18 Å². The maximum atomic E-state index is 13.2. The van der Waals surface area contributed by atoms with Crippen LogP contribution in [0.15, 0.2) is 30.3 Å². The van der Waals surface area contributed by atoms with Crippen molar-refractivity contribution in [3.05, 3.63) is 47.3 Å². The molecule has 8 nitrogen and oxygen atoms in total. The highest BCUT2D eigenvalue weighted by molar-refractivity contribution is 5.93. The molecule has 2 amide bonds. The molecule has 2 aromatic rings. The lowest BCUT2D eigenvalue weighted by molar-refractivity contribution is -0.117. The summed E-state index contributed by atoms with van der Waals surface area (Å²) in [4.78, 5) is 29.5. The SMILES string of the molecule is COCCC(=O)Nc1nc2c(cc1Cc1ccc(F)cc1)N(C(=O)O)C(C)CO2. The lowest BCUT2D eigenvalue weighted by Gasteiger charge is -2.32. The minimum atomic E-state index is -1.12. The van der Waals surface area contributed by atoms with E-state index >= 15 is 0 Å². The normalized spacial score (nSPS) is 15.4. The zero-order chi connectivity index (χ0) is 21.0. The largest absolute Gasteiger partial charge is 0.474 e. The number of ether oxygens (including phenoxy) is 2. The number of nitrogens with zero attached hydrogens (tertiary/aromatic N) is 2. The van der Waals surface area contributed by atoms with Crippen molar-refractivity contribution in [3.8, 4) is 5.88 Å². The van der Waals surface area contributed by atoms with Crippen LogP contribution in [0.1, 0.15) is 24.5 Å². The van der Waals surface area contributed by atoms with E-state index in [2.05, 4.69) is 10.3 Å². The van der Waals surface area contributed by atoms with Crippen molar-refractivity contribution in [3.63, 3.8) is 0 Å². The standard InChI is InChI=1S/C20H22FN3O5/c1-12-11-29-19-16(24(12)20(26)27)10-14(9-13-3-5-15(21)6-4-13)18(23-19)22-17(25)7-8-28-2/h3-6,10,12H,7-9,11H2,1-2H3,(H,26,27)(H,22,23,25). The fourth-order valence-electron chi connectivity index (χ4n) is 3.06. The highest BCUT2D eigenvalue weighted by Crippen LogP contribution is 2.36. The van der Waals surface area contributed by atoms with Crippen molar-refractivity contribution in [1.29, 1.82) is 0 Å². The number of methoxy groups -OCH3 is 1. The molecule has 2 N–H and O–H groups in total. The molecule has 1 aliphatic rings. The van der Waals surface area contributed by atoms with E-state index in [9.17, 15) is 19.1 Å². The number of rotatable bonds is 6. The number of carbonyl (C=O) groups excluding carboxylic acids is 1. The Balaban J connectivity index is 2.00. The topological polar surface area (TPSA) is 101 Å². The summed E-state index contributed by atoms with van der Waals surface area (Å²) < 4.78 is 23.7. The highest BCUT2D eigenvalue weighted by Gasteiger charge is 2.32. The Morgan fingerprint density at radius 1 is 1.38 bits per heavy atom. The van der Waals surface area contributed by atoms with Crippen LogP contribution in [-0.2, 0) is 16.0 Å². The molecule has 0 bridgehead atoms. The van der Waals surface area contributed by atoms with Gasteiger partial charge in [-0.3, -0.25) is 9.69 Å². The Morgan fingerprint density at radius 2 is 2.10 bits per heavy atom. The van der Waals surface area contributed by atoms with Crippen LogP contribution in [0.25, 0.3) is 0 Å². The Hall–Kier alpha value is -3.20. The fraction of sp³-hybridized carbons (Fsp3) is 0.350. The summed E-state index contributed by atoms with van der Waals surface area (Å²) in [6.45, 7) is 2.14. The first-order valence-electron chi connectivity index (χ1n) is 9.11. The second kappa shape index (κ2) is 8.87. The van der Waals surface area contributed by atoms with Gasteiger partial charge in [0.1, 0.15) is 23.9 Å². The molecule has 0 saturated heterocycles. The summed E-state index contributed by atoms with van der Waals surface area (Å²) in [7, 11) is 1.50. The van der Waals surface area contributed by atoms with Gasteiger partial charge in [0.05, 0.1) is 19.1 Å². The van der Waals surface area contributed by atoms with Gasteiger partial charge >= 0.3 is 6.09 Å². The van der Waals surface area contributed by atoms with Gasteiger partial charge in [0.25, 0.3) is 0 Å². The van der Waals surface area contributed by atoms with Crippen molar-refractivity contribution >= 4 is 23.5 Å². The summed E-state index contributed by atoms with van der Waals surface area (Å²) in [5.74, 6) is -0.243. The minimum Gasteiger partial charge on any atom is -0.474 e. The number of carbonyl (C=O) groups is 2. The molecule has 0 spiro atoms. The Kier molecular flexibility index (Phi) is 6.28. The zero-order valence-corrected chi connectivity index (χ0v) is 16.1. The number of nitrogens with one attached hydrogen (secondary N) is 1. The molecule has 0 aliphatic carbocycles. The predicted octanol–water partition coefficient (Wildman–Crippen LogP) is 3.05. The third-order valence-corrected chi connectivity index (χ3v) is 4.51. The number of fused-ring (bicyclic) bond motifs is 1. The Morgan fingerprint density at radius 3 is 2.76 bits per heavy atom. The number of aromatic nitrogens is 1. The van der Waals surface area contributed by atoms with E-state index in [1.807, 2.05) is 0 Å². The zero-order valence-electron chi connectivity index (χ0n) is 16.1. The van der Waals surface area contributed by atoms with Crippen LogP contribution in [0.5, 0.6) is 5.88 Å². The third kappa shape index (κ3) is 4.80. The fourth-order valence-corrected chi connectivity index (χ4v) is 3.06. The van der Waals surface area contributed by atoms with Crippen molar-refractivity contribution < 1.29 is 28.6 Å². The monoisotopic (exact) mass is 403 g/mol. The summed E-state index contributed by atoms with van der Waals surface area (Å²) in [6.07, 6.45) is -0.652. The number of hydrogen-bond acceptors (Lipinski definition) is 5. The van der Waals surface area contributed by atoms with Crippen molar-refractivity contribution in [2.75, 3.05) is 30.5 Å². The Labute approximate surface area is 167 Å². The summed E-state index contributed by atoms with van der Waals surface area (Å²) >= 11 is 0. The van der Waals surface area contributed by atoms with Gasteiger partial charge in [-0.1, -0.05) is 12.1 Å². The van der Waals surface area contributed by atoms with Crippen LogP contribution < -0.4 is 15.0 Å². The molecular weight excluding hydrogens is 381 g/mol. The average molecular weight is 403 g/mol. The van der Waals surface area contributed by atoms with Gasteiger partial charge in [0.2, 0.25) is 11.8 Å². The van der Waals surface area contributed by atoms with Gasteiger partial charge in [0.15, 0.2) is 0 Å². The summed E-state index contributed by atoms with van der Waals surface area (Å²) in [5, 5.41) is 12.3. The number of anilines is 2. The van der Waals surface area contributed by atoms with Crippen LogP contribution in [0.3, 0.4) is 0 Å². The maximum absolute atomic E-state index is 13.2. The molecule has 1 aromatic heterocycles. The van der Waals surface area contributed by atoms with Gasteiger partial charge in [0, 0.05) is 19.1 Å². The Bertz CT molecular complexity index is 904. The molecule has 3 rings (SSSR count). The number of benzene rings is 1. The van der Waals surface area contributed by atoms with Crippen LogP contribution >= 0.6 is 0 Å². The molecule has 0 fully saturated rings. The van der Waals surface area contributed by atoms with E-state index < -0.39 is 6.09 Å². The maximum Gasteiger partial charge on any atom is 0.412 e. The number of halogens is 1. The molecule has 154 valence electrons. The summed E-state index contributed by atoms with van der Waals surface area (Å²) in [6, 6.07) is 7.18. The number of hydrogen-bond donors (Lipinski definition) is 2. The molecule has 0 saturated carbocycles. The molecule has 1 aliphatic heterocycles. The minimum absolute atomic E-state index is 0.135. The quantitative estimate of drug-likeness (QED) is 0.769. The number of carboxylic acid groups (broad SMARTS) is 1. The van der Waals surface area contributed by atoms with Crippen molar-refractivity contribution in [1.82, 2.24) is 4.98 Å². The van der Waals surface area contributed by atoms with Gasteiger partial charge in [-0.05, 0) is 30.7 Å². The first-order valence-corrected chi connectivity index (χ1v) is 9.11. The van der Waals surface area contributed by atoms with Crippen LogP contribution in [0, 0.1) is 5.82 Å². The molecule has 2 heterocycles. The number of pyridine rings is 1. The van der Waals surface area contributed by atoms with Crippen molar-refractivity contribution in [2.45, 2.75) is 25.8 Å². The first-order chi connectivity index (χ1) is 13.9. The predicted molar refractivity (Wildman–Crippen MR) is 104 cm³/mol. The third-order valence-electron chi connectivity index (χ3n) is 4.51. The van der Waals surface area contributed by atoms with E-state index in [4.69, 9.17) is 9.47 Å². The second-order valence-electron chi connectivity index (χ2n) is 6.73. The summed E-state index contributed by atoms with van der Waals surface area (Å²) in [5.41, 5.74) is 1.68. The number of amides is 2. The molecule has 1 unspecified atom stereocenters. The van der Waals surface area contributed by atoms with Gasteiger partial charge in [-0.2, -0.15) is 4.98 Å². The lowest BCUT2D eigenvalue weighted by atomic mass is 10.0. The molecule has 1 atom stereocenters. The highest BCUT2D eigenvalue weighted by atomic mass is 19.1. The van der Waals surface area contributed by atoms with Gasteiger partial charge in [-0.15, -0.1) is 0 Å². The first kappa shape index (κ1) is 20.5. The average Bonchev–Trinajstić information content (AvgIpc) is 2.68. The van der Waals surface area contributed by atoms with Crippen LogP contribution in [0.2, 0.25) is 0 Å². The van der Waals surface area contributed by atoms with Crippen molar-refractivity contribution in [2.24, 2.45) is 0 Å². The molecular formula is C20H22FN3O5. The second-order valence-corrected chi connectivity index (χ2v) is 6.73. The molecule has 29 heavy (non-hydrogen) atoms.